The molecule has 2 aromatic carbocycles. The van der Waals surface area contributed by atoms with Crippen molar-refractivity contribution in [3.63, 3.8) is 0 Å². The van der Waals surface area contributed by atoms with Crippen molar-refractivity contribution in [3.8, 4) is 34.4 Å². The summed E-state index contributed by atoms with van der Waals surface area (Å²) in [6.07, 6.45) is 3.32. The van der Waals surface area contributed by atoms with Crippen LogP contribution >= 0.6 is 0 Å². The first-order chi connectivity index (χ1) is 17.5. The number of aryl methyl sites for hydroxylation is 1. The van der Waals surface area contributed by atoms with Crippen LogP contribution in [0.1, 0.15) is 5.56 Å². The van der Waals surface area contributed by atoms with Gasteiger partial charge in [-0.1, -0.05) is 0 Å². The Bertz CT molecular complexity index is 1380. The maximum atomic E-state index is 12.6. The van der Waals surface area contributed by atoms with E-state index in [0.29, 0.717) is 46.1 Å². The largest absolute Gasteiger partial charge is 0.497 e. The van der Waals surface area contributed by atoms with Crippen LogP contribution < -0.4 is 30.2 Å². The Labute approximate surface area is 208 Å². The van der Waals surface area contributed by atoms with E-state index in [4.69, 9.17) is 14.2 Å². The van der Waals surface area contributed by atoms with Crippen molar-refractivity contribution in [2.75, 3.05) is 37.2 Å². The number of benzene rings is 2. The molecule has 0 spiro atoms. The Balaban J connectivity index is 1.49. The first-order valence-corrected chi connectivity index (χ1v) is 11.1. The van der Waals surface area contributed by atoms with Crippen molar-refractivity contribution in [2.24, 2.45) is 0 Å². The molecule has 0 saturated heterocycles. The lowest BCUT2D eigenvalue weighted by molar-refractivity contribution is 0.262. The zero-order chi connectivity index (χ0) is 25.5. The number of hydrogen-bond acceptors (Lipinski definition) is 8. The van der Waals surface area contributed by atoms with Gasteiger partial charge in [0.2, 0.25) is 11.8 Å². The molecule has 0 radical (unpaired) electrons. The van der Waals surface area contributed by atoms with Crippen LogP contribution in [0.3, 0.4) is 0 Å². The summed E-state index contributed by atoms with van der Waals surface area (Å²) >= 11 is 0. The summed E-state index contributed by atoms with van der Waals surface area (Å²) in [5.74, 6) is 2.62. The third kappa shape index (κ3) is 5.61. The van der Waals surface area contributed by atoms with E-state index in [1.165, 1.54) is 7.11 Å². The van der Waals surface area contributed by atoms with E-state index in [2.05, 4.69) is 30.9 Å². The zero-order valence-corrected chi connectivity index (χ0v) is 20.3. The number of hydrogen-bond donors (Lipinski definition) is 3. The summed E-state index contributed by atoms with van der Waals surface area (Å²) in [6, 6.07) is 15.6. The fourth-order valence-electron chi connectivity index (χ4n) is 3.44. The van der Waals surface area contributed by atoms with E-state index >= 15 is 0 Å². The average molecular weight is 487 g/mol. The molecule has 3 N–H and O–H groups in total. The topological polar surface area (TPSA) is 120 Å². The molecule has 4 rings (SSSR count). The van der Waals surface area contributed by atoms with Crippen molar-refractivity contribution in [3.05, 3.63) is 72.6 Å². The van der Waals surface area contributed by atoms with Gasteiger partial charge in [0.15, 0.2) is 0 Å². The maximum Gasteiger partial charge on any atom is 0.323 e. The Kier molecular flexibility index (Phi) is 7.45. The van der Waals surface area contributed by atoms with Gasteiger partial charge in [-0.3, -0.25) is 0 Å². The quantitative estimate of drug-likeness (QED) is 0.305. The second kappa shape index (κ2) is 11.0. The lowest BCUT2D eigenvalue weighted by Gasteiger charge is -2.14. The highest BCUT2D eigenvalue weighted by molar-refractivity contribution is 6.01. The highest BCUT2D eigenvalue weighted by Crippen LogP contribution is 2.33. The van der Waals surface area contributed by atoms with E-state index in [1.807, 2.05) is 25.1 Å². The number of amides is 2. The number of ether oxygens (including phenoxy) is 3. The van der Waals surface area contributed by atoms with Crippen LogP contribution in [0.4, 0.5) is 22.1 Å². The molecule has 2 heterocycles. The second-order valence-corrected chi connectivity index (χ2v) is 7.60. The number of nitrogens with zero attached hydrogens (tertiary/aromatic N) is 3. The fourth-order valence-corrected chi connectivity index (χ4v) is 3.44. The predicted octanol–water partition coefficient (Wildman–Crippen LogP) is 5.34. The number of methoxy groups -OCH3 is 2. The molecule has 0 atom stereocenters. The van der Waals surface area contributed by atoms with E-state index in [9.17, 15) is 4.79 Å². The summed E-state index contributed by atoms with van der Waals surface area (Å²) in [5, 5.41) is 8.53. The average Bonchev–Trinajstić information content (AvgIpc) is 2.90. The molecule has 0 aliphatic carbocycles. The van der Waals surface area contributed by atoms with Crippen LogP contribution in [0, 0.1) is 6.92 Å². The lowest BCUT2D eigenvalue weighted by atomic mass is 10.2. The number of urea groups is 1. The fraction of sp³-hybridized carbons (Fsp3) is 0.154. The number of carbonyl (C=O) groups excluding carboxylic acids is 1. The van der Waals surface area contributed by atoms with Gasteiger partial charge >= 0.3 is 6.03 Å². The highest BCUT2D eigenvalue weighted by atomic mass is 16.5. The molecule has 0 saturated carbocycles. The van der Waals surface area contributed by atoms with Gasteiger partial charge < -0.3 is 30.2 Å². The van der Waals surface area contributed by atoms with Crippen LogP contribution in [0.15, 0.2) is 67.0 Å². The number of nitrogens with one attached hydrogen (secondary N) is 3. The van der Waals surface area contributed by atoms with E-state index < -0.39 is 6.03 Å². The van der Waals surface area contributed by atoms with Gasteiger partial charge in [-0.15, -0.1) is 0 Å². The summed E-state index contributed by atoms with van der Waals surface area (Å²) in [5.41, 5.74) is 3.29. The molecule has 2 aromatic heterocycles. The molecular weight excluding hydrogens is 460 g/mol. The van der Waals surface area contributed by atoms with Crippen molar-refractivity contribution in [1.82, 2.24) is 15.0 Å². The van der Waals surface area contributed by atoms with Crippen LogP contribution in [-0.4, -0.2) is 42.3 Å². The Morgan fingerprint density at radius 1 is 0.889 bits per heavy atom. The number of carbonyl (C=O) groups is 1. The molecule has 0 fully saturated rings. The van der Waals surface area contributed by atoms with Gasteiger partial charge in [-0.05, 0) is 61.0 Å². The van der Waals surface area contributed by atoms with Gasteiger partial charge in [-0.25, -0.2) is 19.7 Å². The van der Waals surface area contributed by atoms with E-state index in [0.717, 1.165) is 11.1 Å². The number of anilines is 3. The van der Waals surface area contributed by atoms with E-state index in [-0.39, 0.29) is 0 Å². The molecule has 184 valence electrons. The molecular formula is C26H26N6O4. The van der Waals surface area contributed by atoms with Crippen molar-refractivity contribution >= 4 is 23.4 Å². The van der Waals surface area contributed by atoms with Gasteiger partial charge in [0.1, 0.15) is 17.2 Å². The monoisotopic (exact) mass is 486 g/mol. The minimum Gasteiger partial charge on any atom is -0.497 e. The first-order valence-electron chi connectivity index (χ1n) is 11.1. The molecule has 0 unspecified atom stereocenters. The van der Waals surface area contributed by atoms with Gasteiger partial charge in [-0.2, -0.15) is 0 Å². The van der Waals surface area contributed by atoms with E-state index in [1.54, 1.807) is 62.9 Å². The van der Waals surface area contributed by atoms with Crippen molar-refractivity contribution in [1.29, 1.82) is 0 Å². The van der Waals surface area contributed by atoms with Gasteiger partial charge in [0.05, 0.1) is 31.2 Å². The molecule has 10 nitrogen and oxygen atoms in total. The third-order valence-corrected chi connectivity index (χ3v) is 5.22. The van der Waals surface area contributed by atoms with Gasteiger partial charge in [0, 0.05) is 31.2 Å². The van der Waals surface area contributed by atoms with Crippen molar-refractivity contribution in [2.45, 2.75) is 6.92 Å². The Hall–Kier alpha value is -4.86. The number of aromatic nitrogens is 3. The summed E-state index contributed by atoms with van der Waals surface area (Å²) in [4.78, 5) is 25.6. The molecule has 0 bridgehead atoms. The number of pyridine rings is 1. The third-order valence-electron chi connectivity index (χ3n) is 5.22. The molecule has 36 heavy (non-hydrogen) atoms. The molecule has 2 amide bonds. The maximum absolute atomic E-state index is 12.6. The minimum atomic E-state index is -0.425. The van der Waals surface area contributed by atoms with Crippen LogP contribution in [-0.2, 0) is 0 Å². The zero-order valence-electron chi connectivity index (χ0n) is 20.3. The Morgan fingerprint density at radius 3 is 2.47 bits per heavy atom. The second-order valence-electron chi connectivity index (χ2n) is 7.60. The van der Waals surface area contributed by atoms with Gasteiger partial charge in [0.25, 0.3) is 0 Å². The molecule has 0 aliphatic heterocycles. The predicted molar refractivity (Wildman–Crippen MR) is 138 cm³/mol. The normalized spacial score (nSPS) is 10.3. The molecule has 10 heteroatoms. The minimum absolute atomic E-state index is 0.407. The molecule has 0 aliphatic rings. The Morgan fingerprint density at radius 2 is 1.72 bits per heavy atom. The first kappa shape index (κ1) is 24.3. The van der Waals surface area contributed by atoms with Crippen molar-refractivity contribution < 1.29 is 19.0 Å². The van der Waals surface area contributed by atoms with Crippen LogP contribution in [0.25, 0.3) is 11.3 Å². The summed E-state index contributed by atoms with van der Waals surface area (Å²) in [6.45, 7) is 1.88. The molecule has 4 aromatic rings. The highest BCUT2D eigenvalue weighted by Gasteiger charge is 2.14. The standard InChI is InChI=1S/C26H26N6O4/c1-16-14-17(30-26(33)32-21-15-18(34-3)8-10-23(21)35-4)7-9-22(16)36-24-19(6-5-12-28-24)20-11-13-29-25(27-2)31-20/h5-15H,1-4H3,(H,27,29,31)(H2,30,32,33). The summed E-state index contributed by atoms with van der Waals surface area (Å²) < 4.78 is 16.7. The SMILES string of the molecule is CNc1nccc(-c2cccnc2Oc2ccc(NC(=O)Nc3cc(OC)ccc3OC)cc2C)n1. The lowest BCUT2D eigenvalue weighted by Crippen LogP contribution is -2.20. The number of rotatable bonds is 8. The van der Waals surface area contributed by atoms with Crippen LogP contribution in [0.5, 0.6) is 23.1 Å². The summed E-state index contributed by atoms with van der Waals surface area (Å²) in [7, 11) is 4.84. The smallest absolute Gasteiger partial charge is 0.323 e. The van der Waals surface area contributed by atoms with Crippen LogP contribution in [0.2, 0.25) is 0 Å².